The Morgan fingerprint density at radius 1 is 1.25 bits per heavy atom. The minimum absolute atomic E-state index is 0.145. The van der Waals surface area contributed by atoms with Gasteiger partial charge in [0.25, 0.3) is 0 Å². The minimum Gasteiger partial charge on any atom is -0.296 e. The van der Waals surface area contributed by atoms with Crippen molar-refractivity contribution in [3.8, 4) is 0 Å². The summed E-state index contributed by atoms with van der Waals surface area (Å²) in [6.45, 7) is 6.42. The first-order chi connectivity index (χ1) is 9.42. The monoisotopic (exact) mass is 273 g/mol. The van der Waals surface area contributed by atoms with Crippen molar-refractivity contribution in [1.29, 1.82) is 0 Å². The van der Waals surface area contributed by atoms with Crippen LogP contribution in [0.3, 0.4) is 0 Å². The molecule has 2 amide bonds. The summed E-state index contributed by atoms with van der Waals surface area (Å²) in [6, 6.07) is 9.80. The van der Waals surface area contributed by atoms with E-state index in [1.54, 1.807) is 0 Å². The summed E-state index contributed by atoms with van der Waals surface area (Å²) >= 11 is 0. The van der Waals surface area contributed by atoms with Crippen molar-refractivity contribution in [3.63, 3.8) is 0 Å². The van der Waals surface area contributed by atoms with Gasteiger partial charge in [0.1, 0.15) is 0 Å². The van der Waals surface area contributed by atoms with E-state index < -0.39 is 0 Å². The fourth-order valence-electron chi connectivity index (χ4n) is 3.09. The summed E-state index contributed by atoms with van der Waals surface area (Å²) < 4.78 is 0. The van der Waals surface area contributed by atoms with E-state index in [2.05, 4.69) is 26.1 Å². The molecule has 1 aliphatic rings. The first kappa shape index (κ1) is 14.8. The predicted molar refractivity (Wildman–Crippen MR) is 79.1 cm³/mol. The number of hydrogen-bond acceptors (Lipinski definition) is 2. The molecule has 1 aromatic carbocycles. The van der Waals surface area contributed by atoms with Crippen LogP contribution in [0.2, 0.25) is 0 Å². The van der Waals surface area contributed by atoms with E-state index in [4.69, 9.17) is 0 Å². The lowest BCUT2D eigenvalue weighted by molar-refractivity contribution is -0.139. The smallest absolute Gasteiger partial charge is 0.234 e. The maximum Gasteiger partial charge on any atom is 0.234 e. The Morgan fingerprint density at radius 3 is 2.50 bits per heavy atom. The van der Waals surface area contributed by atoms with E-state index in [0.29, 0.717) is 12.3 Å². The molecule has 3 nitrogen and oxygen atoms in total. The third-order valence-electron chi connectivity index (χ3n) is 4.21. The molecule has 2 unspecified atom stereocenters. The SMILES string of the molecule is CC(C)CCC1(C)CC(=O)NC(=O)C1c1ccccc1. The molecule has 0 saturated carbocycles. The molecule has 0 aromatic heterocycles. The van der Waals surface area contributed by atoms with E-state index >= 15 is 0 Å². The molecule has 2 atom stereocenters. The molecular weight excluding hydrogens is 250 g/mol. The van der Waals surface area contributed by atoms with Gasteiger partial charge in [-0.05, 0) is 23.3 Å². The maximum absolute atomic E-state index is 12.3. The molecular formula is C17H23NO2. The van der Waals surface area contributed by atoms with Crippen molar-refractivity contribution in [2.24, 2.45) is 11.3 Å². The van der Waals surface area contributed by atoms with Crippen molar-refractivity contribution in [2.45, 2.75) is 46.0 Å². The number of piperidine rings is 1. The Labute approximate surface area is 120 Å². The molecule has 2 rings (SSSR count). The maximum atomic E-state index is 12.3. The van der Waals surface area contributed by atoms with Gasteiger partial charge in [-0.2, -0.15) is 0 Å². The van der Waals surface area contributed by atoms with E-state index in [0.717, 1.165) is 18.4 Å². The second-order valence-electron chi connectivity index (χ2n) is 6.52. The lowest BCUT2D eigenvalue weighted by Gasteiger charge is -2.40. The summed E-state index contributed by atoms with van der Waals surface area (Å²) in [5.41, 5.74) is 0.717. The Balaban J connectivity index is 2.32. The van der Waals surface area contributed by atoms with Gasteiger partial charge in [0, 0.05) is 6.42 Å². The Hall–Kier alpha value is -1.64. The second-order valence-corrected chi connectivity index (χ2v) is 6.52. The molecule has 1 N–H and O–H groups in total. The van der Waals surface area contributed by atoms with Crippen LogP contribution in [-0.4, -0.2) is 11.8 Å². The average molecular weight is 273 g/mol. The van der Waals surface area contributed by atoms with Gasteiger partial charge in [0.2, 0.25) is 11.8 Å². The van der Waals surface area contributed by atoms with Crippen LogP contribution < -0.4 is 5.32 Å². The lowest BCUT2D eigenvalue weighted by atomic mass is 9.65. The zero-order chi connectivity index (χ0) is 14.8. The molecule has 1 saturated heterocycles. The van der Waals surface area contributed by atoms with Gasteiger partial charge in [-0.25, -0.2) is 0 Å². The lowest BCUT2D eigenvalue weighted by Crippen LogP contribution is -2.49. The molecule has 0 bridgehead atoms. The van der Waals surface area contributed by atoms with Crippen LogP contribution in [0.1, 0.15) is 51.5 Å². The number of rotatable bonds is 4. The summed E-state index contributed by atoms with van der Waals surface area (Å²) in [6.07, 6.45) is 2.34. The number of benzene rings is 1. The quantitative estimate of drug-likeness (QED) is 0.856. The molecule has 0 radical (unpaired) electrons. The van der Waals surface area contributed by atoms with Gasteiger partial charge in [0.15, 0.2) is 0 Å². The number of carbonyl (C=O) groups is 2. The largest absolute Gasteiger partial charge is 0.296 e. The summed E-state index contributed by atoms with van der Waals surface area (Å²) in [7, 11) is 0. The van der Waals surface area contributed by atoms with Gasteiger partial charge >= 0.3 is 0 Å². The molecule has 1 fully saturated rings. The first-order valence-electron chi connectivity index (χ1n) is 7.31. The Bertz CT molecular complexity index is 495. The van der Waals surface area contributed by atoms with Gasteiger partial charge in [0.05, 0.1) is 5.92 Å². The molecule has 3 heteroatoms. The second kappa shape index (κ2) is 5.78. The van der Waals surface area contributed by atoms with E-state index in [-0.39, 0.29) is 23.1 Å². The fourth-order valence-corrected chi connectivity index (χ4v) is 3.09. The molecule has 1 aliphatic heterocycles. The predicted octanol–water partition coefficient (Wildman–Crippen LogP) is 3.26. The van der Waals surface area contributed by atoms with Crippen LogP contribution in [0.25, 0.3) is 0 Å². The van der Waals surface area contributed by atoms with Gasteiger partial charge in [-0.15, -0.1) is 0 Å². The highest BCUT2D eigenvalue weighted by Gasteiger charge is 2.45. The van der Waals surface area contributed by atoms with Crippen LogP contribution in [0.5, 0.6) is 0 Å². The molecule has 108 valence electrons. The van der Waals surface area contributed by atoms with Crippen LogP contribution in [-0.2, 0) is 9.59 Å². The zero-order valence-corrected chi connectivity index (χ0v) is 12.5. The minimum atomic E-state index is -0.287. The molecule has 20 heavy (non-hydrogen) atoms. The number of hydrogen-bond donors (Lipinski definition) is 1. The highest BCUT2D eigenvalue weighted by molar-refractivity contribution is 6.02. The number of carbonyl (C=O) groups excluding carboxylic acids is 2. The zero-order valence-electron chi connectivity index (χ0n) is 12.5. The highest BCUT2D eigenvalue weighted by Crippen LogP contribution is 2.45. The summed E-state index contributed by atoms with van der Waals surface area (Å²) in [4.78, 5) is 24.1. The van der Waals surface area contributed by atoms with E-state index in [1.807, 2.05) is 30.3 Å². The molecule has 1 heterocycles. The third kappa shape index (κ3) is 3.09. The van der Waals surface area contributed by atoms with E-state index in [9.17, 15) is 9.59 Å². The topological polar surface area (TPSA) is 46.2 Å². The number of amides is 2. The standard InChI is InChI=1S/C17H23NO2/c1-12(2)9-10-17(3)11-14(19)18-16(20)15(17)13-7-5-4-6-8-13/h4-8,12,15H,9-11H2,1-3H3,(H,18,19,20). The van der Waals surface area contributed by atoms with Crippen molar-refractivity contribution < 1.29 is 9.59 Å². The van der Waals surface area contributed by atoms with Crippen molar-refractivity contribution in [2.75, 3.05) is 0 Å². The van der Waals surface area contributed by atoms with Gasteiger partial charge in [-0.3, -0.25) is 14.9 Å². The summed E-state index contributed by atoms with van der Waals surface area (Å²) in [5.74, 6) is 0.0376. The van der Waals surface area contributed by atoms with Gasteiger partial charge in [-0.1, -0.05) is 57.5 Å². The average Bonchev–Trinajstić information content (AvgIpc) is 2.36. The normalized spacial score (nSPS) is 26.7. The van der Waals surface area contributed by atoms with Crippen LogP contribution in [0.4, 0.5) is 0 Å². The van der Waals surface area contributed by atoms with Gasteiger partial charge < -0.3 is 0 Å². The summed E-state index contributed by atoms with van der Waals surface area (Å²) in [5, 5.41) is 2.49. The first-order valence-corrected chi connectivity index (χ1v) is 7.31. The Kier molecular flexibility index (Phi) is 4.26. The molecule has 0 aliphatic carbocycles. The van der Waals surface area contributed by atoms with Crippen molar-refractivity contribution in [1.82, 2.24) is 5.32 Å². The fraction of sp³-hybridized carbons (Fsp3) is 0.529. The third-order valence-corrected chi connectivity index (χ3v) is 4.21. The highest BCUT2D eigenvalue weighted by atomic mass is 16.2. The van der Waals surface area contributed by atoms with Crippen LogP contribution in [0.15, 0.2) is 30.3 Å². The Morgan fingerprint density at radius 2 is 1.90 bits per heavy atom. The van der Waals surface area contributed by atoms with Crippen molar-refractivity contribution >= 4 is 11.8 Å². The van der Waals surface area contributed by atoms with Crippen molar-refractivity contribution in [3.05, 3.63) is 35.9 Å². The van der Waals surface area contributed by atoms with Crippen LogP contribution >= 0.6 is 0 Å². The number of nitrogens with one attached hydrogen (secondary N) is 1. The van der Waals surface area contributed by atoms with E-state index in [1.165, 1.54) is 0 Å². The molecule has 1 aromatic rings. The molecule has 0 spiro atoms. The van der Waals surface area contributed by atoms with Crippen LogP contribution in [0, 0.1) is 11.3 Å². The number of imide groups is 1.